The van der Waals surface area contributed by atoms with E-state index in [-0.39, 0.29) is 12.4 Å². The summed E-state index contributed by atoms with van der Waals surface area (Å²) in [6, 6.07) is 4.64. The number of rotatable bonds is 3. The normalized spacial score (nSPS) is 25.6. The van der Waals surface area contributed by atoms with Crippen LogP contribution in [-0.4, -0.2) is 9.55 Å². The van der Waals surface area contributed by atoms with Crippen LogP contribution in [0.5, 0.6) is 0 Å². The summed E-state index contributed by atoms with van der Waals surface area (Å²) in [7, 11) is 0. The first kappa shape index (κ1) is 17.0. The maximum absolute atomic E-state index is 4.21. The van der Waals surface area contributed by atoms with Gasteiger partial charge in [-0.15, -0.1) is 12.4 Å². The molecule has 23 heavy (non-hydrogen) atoms. The maximum Gasteiger partial charge on any atom is 0.0945 e. The van der Waals surface area contributed by atoms with Gasteiger partial charge in [0.2, 0.25) is 0 Å². The number of nitrogens with zero attached hydrogens (tertiary/aromatic N) is 2. The zero-order valence-corrected chi connectivity index (χ0v) is 16.0. The first-order valence-electron chi connectivity index (χ1n) is 8.48. The summed E-state index contributed by atoms with van der Waals surface area (Å²) >= 11 is 3.84. The summed E-state index contributed by atoms with van der Waals surface area (Å²) in [6.45, 7) is 3.48. The Balaban J connectivity index is 0.00000156. The lowest BCUT2D eigenvalue weighted by atomic mass is 9.59. The molecule has 1 heterocycles. The molecule has 2 aliphatic rings. The minimum absolute atomic E-state index is 0. The van der Waals surface area contributed by atoms with Gasteiger partial charge in [-0.2, -0.15) is 0 Å². The van der Waals surface area contributed by atoms with Crippen LogP contribution in [0.1, 0.15) is 49.3 Å². The number of aryl methyl sites for hydroxylation is 1. The Morgan fingerprint density at radius 3 is 3.00 bits per heavy atom. The van der Waals surface area contributed by atoms with Crippen LogP contribution >= 0.6 is 28.3 Å². The first-order valence-corrected chi connectivity index (χ1v) is 9.27. The highest BCUT2D eigenvalue weighted by molar-refractivity contribution is 9.10. The molecule has 2 atom stereocenters. The van der Waals surface area contributed by atoms with Crippen molar-refractivity contribution in [1.82, 2.24) is 9.55 Å². The summed E-state index contributed by atoms with van der Waals surface area (Å²) in [5, 5.41) is 0. The number of aromatic nitrogens is 2. The summed E-state index contributed by atoms with van der Waals surface area (Å²) in [6.07, 6.45) is 13.7. The standard InChI is InChI=1S/C19H23BrN2.ClH/c1-2-19-7-3-4-15-5-6-17(20)16(18(15)19)10-14(11-19)12-22-9-8-21-13-22;/h5-6,8-9,13-14H,2-4,7,10-12H2,1H3;1H/t14-,19-;/m0./s1. The van der Waals surface area contributed by atoms with Crippen molar-refractivity contribution in [3.63, 3.8) is 0 Å². The SMILES string of the molecule is CC[C@@]12CCCc3ccc(Br)c(c31)C[C@H](Cn1ccnc1)C2.Cl. The van der Waals surface area contributed by atoms with E-state index in [1.807, 2.05) is 12.5 Å². The van der Waals surface area contributed by atoms with Gasteiger partial charge in [0, 0.05) is 23.4 Å². The predicted molar refractivity (Wildman–Crippen MR) is 100 cm³/mol. The highest BCUT2D eigenvalue weighted by Crippen LogP contribution is 2.51. The van der Waals surface area contributed by atoms with Crippen LogP contribution in [0.15, 0.2) is 35.3 Å². The summed E-state index contributed by atoms with van der Waals surface area (Å²) in [5.41, 5.74) is 5.33. The number of benzene rings is 1. The minimum atomic E-state index is 0. The predicted octanol–water partition coefficient (Wildman–Crippen LogP) is 5.31. The molecule has 0 bridgehead atoms. The Morgan fingerprint density at radius 2 is 2.26 bits per heavy atom. The van der Waals surface area contributed by atoms with Gasteiger partial charge >= 0.3 is 0 Å². The van der Waals surface area contributed by atoms with E-state index in [2.05, 4.69) is 50.7 Å². The average Bonchev–Trinajstić information content (AvgIpc) is 3.03. The molecule has 0 amide bonds. The van der Waals surface area contributed by atoms with Crippen LogP contribution in [-0.2, 0) is 24.8 Å². The Kier molecular flexibility index (Phi) is 4.89. The lowest BCUT2D eigenvalue weighted by molar-refractivity contribution is 0.225. The van der Waals surface area contributed by atoms with Crippen molar-refractivity contribution in [2.24, 2.45) is 5.92 Å². The van der Waals surface area contributed by atoms with E-state index in [1.54, 1.807) is 16.7 Å². The van der Waals surface area contributed by atoms with Crippen molar-refractivity contribution in [3.8, 4) is 0 Å². The zero-order valence-electron chi connectivity index (χ0n) is 13.6. The van der Waals surface area contributed by atoms with Gasteiger partial charge in [0.1, 0.15) is 0 Å². The third kappa shape index (κ3) is 2.87. The number of imidazole rings is 1. The molecule has 0 saturated heterocycles. The lowest BCUT2D eigenvalue weighted by Crippen LogP contribution is -2.39. The van der Waals surface area contributed by atoms with Crippen molar-refractivity contribution in [2.45, 2.75) is 57.4 Å². The molecule has 0 fully saturated rings. The Bertz CT molecular complexity index is 683. The average molecular weight is 396 g/mol. The Hall–Kier alpha value is -0.800. The molecular weight excluding hydrogens is 372 g/mol. The van der Waals surface area contributed by atoms with E-state index in [0.29, 0.717) is 11.3 Å². The first-order chi connectivity index (χ1) is 10.7. The van der Waals surface area contributed by atoms with Gasteiger partial charge in [0.25, 0.3) is 0 Å². The quantitative estimate of drug-likeness (QED) is 0.688. The van der Waals surface area contributed by atoms with E-state index in [0.717, 1.165) is 6.54 Å². The molecule has 0 radical (unpaired) electrons. The van der Waals surface area contributed by atoms with Gasteiger partial charge in [-0.3, -0.25) is 0 Å². The van der Waals surface area contributed by atoms with Crippen molar-refractivity contribution < 1.29 is 0 Å². The molecule has 0 spiro atoms. The zero-order chi connectivity index (χ0) is 15.2. The molecule has 0 N–H and O–H groups in total. The number of hydrogen-bond donors (Lipinski definition) is 0. The number of halogens is 2. The highest BCUT2D eigenvalue weighted by Gasteiger charge is 2.42. The second-order valence-corrected chi connectivity index (χ2v) is 7.94. The second kappa shape index (κ2) is 6.60. The molecule has 124 valence electrons. The van der Waals surface area contributed by atoms with Crippen LogP contribution in [0.4, 0.5) is 0 Å². The third-order valence-electron chi connectivity index (χ3n) is 5.85. The molecule has 0 aliphatic heterocycles. The molecule has 0 unspecified atom stereocenters. The monoisotopic (exact) mass is 394 g/mol. The van der Waals surface area contributed by atoms with Crippen molar-refractivity contribution in [2.75, 3.05) is 0 Å². The maximum atomic E-state index is 4.21. The molecular formula is C19H24BrClN2. The topological polar surface area (TPSA) is 17.8 Å². The van der Waals surface area contributed by atoms with E-state index in [9.17, 15) is 0 Å². The Labute approximate surface area is 153 Å². The van der Waals surface area contributed by atoms with Crippen LogP contribution in [0.25, 0.3) is 0 Å². The fraction of sp³-hybridized carbons (Fsp3) is 0.526. The van der Waals surface area contributed by atoms with Crippen molar-refractivity contribution >= 4 is 28.3 Å². The van der Waals surface area contributed by atoms with Crippen molar-refractivity contribution in [1.29, 1.82) is 0 Å². The van der Waals surface area contributed by atoms with Crippen LogP contribution in [0.2, 0.25) is 0 Å². The van der Waals surface area contributed by atoms with E-state index in [1.165, 1.54) is 43.0 Å². The molecule has 4 heteroatoms. The molecule has 4 rings (SSSR count). The van der Waals surface area contributed by atoms with E-state index >= 15 is 0 Å². The van der Waals surface area contributed by atoms with Gasteiger partial charge in [-0.1, -0.05) is 28.9 Å². The summed E-state index contributed by atoms with van der Waals surface area (Å²) < 4.78 is 3.57. The molecule has 1 aromatic heterocycles. The number of hydrogen-bond acceptors (Lipinski definition) is 1. The van der Waals surface area contributed by atoms with E-state index in [4.69, 9.17) is 0 Å². The lowest BCUT2D eigenvalue weighted by Gasteiger charge is -2.46. The van der Waals surface area contributed by atoms with Crippen LogP contribution < -0.4 is 0 Å². The second-order valence-electron chi connectivity index (χ2n) is 7.08. The van der Waals surface area contributed by atoms with Gasteiger partial charge in [-0.05, 0) is 72.6 Å². The summed E-state index contributed by atoms with van der Waals surface area (Å²) in [5.74, 6) is 0.714. The van der Waals surface area contributed by atoms with Gasteiger partial charge < -0.3 is 4.57 Å². The van der Waals surface area contributed by atoms with Crippen molar-refractivity contribution in [3.05, 3.63) is 52.0 Å². The third-order valence-corrected chi connectivity index (χ3v) is 6.59. The van der Waals surface area contributed by atoms with Gasteiger partial charge in [0.05, 0.1) is 6.33 Å². The molecule has 1 aromatic carbocycles. The van der Waals surface area contributed by atoms with Gasteiger partial charge in [-0.25, -0.2) is 4.98 Å². The summed E-state index contributed by atoms with van der Waals surface area (Å²) in [4.78, 5) is 4.21. The smallest absolute Gasteiger partial charge is 0.0945 e. The fourth-order valence-corrected chi connectivity index (χ4v) is 5.41. The van der Waals surface area contributed by atoms with Crippen LogP contribution in [0, 0.1) is 5.92 Å². The Morgan fingerprint density at radius 1 is 1.39 bits per heavy atom. The molecule has 2 aliphatic carbocycles. The molecule has 2 nitrogen and oxygen atoms in total. The van der Waals surface area contributed by atoms with Crippen LogP contribution in [0.3, 0.4) is 0 Å². The highest BCUT2D eigenvalue weighted by atomic mass is 79.9. The van der Waals surface area contributed by atoms with E-state index < -0.39 is 0 Å². The molecule has 0 saturated carbocycles. The largest absolute Gasteiger partial charge is 0.337 e. The molecule has 2 aromatic rings. The fourth-order valence-electron chi connectivity index (χ4n) is 4.92. The van der Waals surface area contributed by atoms with Gasteiger partial charge in [0.15, 0.2) is 0 Å². The minimum Gasteiger partial charge on any atom is -0.337 e.